The summed E-state index contributed by atoms with van der Waals surface area (Å²) in [6.45, 7) is 4.79. The maximum Gasteiger partial charge on any atom is 0.401 e. The molecule has 4 heteroatoms. The van der Waals surface area contributed by atoms with Crippen LogP contribution in [-0.2, 0) is 0 Å². The number of hydrogen-bond acceptors (Lipinski definition) is 1. The van der Waals surface area contributed by atoms with Crippen LogP contribution in [0, 0.1) is 5.92 Å². The first-order valence-corrected chi connectivity index (χ1v) is 4.17. The van der Waals surface area contributed by atoms with Crippen molar-refractivity contribution in [3.05, 3.63) is 0 Å². The Morgan fingerprint density at radius 2 is 1.75 bits per heavy atom. The van der Waals surface area contributed by atoms with Crippen LogP contribution in [0.1, 0.15) is 27.2 Å². The van der Waals surface area contributed by atoms with E-state index in [9.17, 15) is 13.2 Å². The molecule has 0 aromatic rings. The fourth-order valence-electron chi connectivity index (χ4n) is 0.831. The molecule has 0 aliphatic rings. The fourth-order valence-corrected chi connectivity index (χ4v) is 0.831. The van der Waals surface area contributed by atoms with Crippen molar-refractivity contribution in [2.45, 2.75) is 39.4 Å². The molecule has 74 valence electrons. The predicted molar refractivity (Wildman–Crippen MR) is 43.0 cm³/mol. The highest BCUT2D eigenvalue weighted by Crippen LogP contribution is 2.14. The van der Waals surface area contributed by atoms with E-state index in [2.05, 4.69) is 5.32 Å². The minimum Gasteiger partial charge on any atom is -0.306 e. The molecule has 0 bridgehead atoms. The lowest BCUT2D eigenvalue weighted by molar-refractivity contribution is -0.126. The van der Waals surface area contributed by atoms with E-state index >= 15 is 0 Å². The highest BCUT2D eigenvalue weighted by molar-refractivity contribution is 4.68. The first-order chi connectivity index (χ1) is 5.37. The number of halogens is 3. The summed E-state index contributed by atoms with van der Waals surface area (Å²) in [5.41, 5.74) is 0. The van der Waals surface area contributed by atoms with Crippen LogP contribution >= 0.6 is 0 Å². The average Bonchev–Trinajstić information content (AvgIpc) is 1.97. The van der Waals surface area contributed by atoms with Gasteiger partial charge in [0.2, 0.25) is 0 Å². The highest BCUT2D eigenvalue weighted by Gasteiger charge is 2.27. The van der Waals surface area contributed by atoms with Gasteiger partial charge in [0.1, 0.15) is 0 Å². The predicted octanol–water partition coefficient (Wildman–Crippen LogP) is 2.57. The summed E-state index contributed by atoms with van der Waals surface area (Å²) in [5.74, 6) is 0.285. The maximum absolute atomic E-state index is 11.7. The van der Waals surface area contributed by atoms with E-state index < -0.39 is 12.7 Å². The van der Waals surface area contributed by atoms with Crippen molar-refractivity contribution in [2.75, 3.05) is 6.54 Å². The van der Waals surface area contributed by atoms with Crippen LogP contribution in [0.2, 0.25) is 0 Å². The van der Waals surface area contributed by atoms with Crippen LogP contribution in [-0.4, -0.2) is 18.8 Å². The zero-order chi connectivity index (χ0) is 9.78. The Bertz CT molecular complexity index is 122. The number of nitrogens with one attached hydrogen (secondary N) is 1. The molecule has 0 fully saturated rings. The monoisotopic (exact) mass is 183 g/mol. The minimum absolute atomic E-state index is 0.0726. The third-order valence-corrected chi connectivity index (χ3v) is 2.12. The second-order valence-electron chi connectivity index (χ2n) is 3.17. The van der Waals surface area contributed by atoms with Gasteiger partial charge in [-0.3, -0.25) is 0 Å². The first-order valence-electron chi connectivity index (χ1n) is 4.17. The molecule has 1 N–H and O–H groups in total. The number of hydrogen-bond donors (Lipinski definition) is 1. The quantitative estimate of drug-likeness (QED) is 0.706. The lowest BCUT2D eigenvalue weighted by Gasteiger charge is -2.20. The molecule has 1 nitrogen and oxygen atoms in total. The van der Waals surface area contributed by atoms with E-state index in [0.29, 0.717) is 0 Å². The lowest BCUT2D eigenvalue weighted by Crippen LogP contribution is -2.38. The van der Waals surface area contributed by atoms with Gasteiger partial charge in [0.15, 0.2) is 0 Å². The van der Waals surface area contributed by atoms with Gasteiger partial charge in [-0.25, -0.2) is 0 Å². The summed E-state index contributed by atoms with van der Waals surface area (Å²) >= 11 is 0. The molecule has 2 atom stereocenters. The largest absolute Gasteiger partial charge is 0.401 e. The topological polar surface area (TPSA) is 12.0 Å². The van der Waals surface area contributed by atoms with Crippen molar-refractivity contribution in [3.8, 4) is 0 Å². The van der Waals surface area contributed by atoms with Gasteiger partial charge in [-0.2, -0.15) is 13.2 Å². The van der Waals surface area contributed by atoms with Crippen LogP contribution in [0.3, 0.4) is 0 Å². The average molecular weight is 183 g/mol. The Kier molecular flexibility index (Phi) is 4.60. The van der Waals surface area contributed by atoms with Crippen LogP contribution in [0.25, 0.3) is 0 Å². The van der Waals surface area contributed by atoms with Crippen LogP contribution in [0.5, 0.6) is 0 Å². The second-order valence-corrected chi connectivity index (χ2v) is 3.17. The Hall–Kier alpha value is -0.250. The van der Waals surface area contributed by atoms with Crippen LogP contribution < -0.4 is 5.32 Å². The molecule has 0 rings (SSSR count). The van der Waals surface area contributed by atoms with Crippen molar-refractivity contribution < 1.29 is 13.2 Å². The van der Waals surface area contributed by atoms with Gasteiger partial charge < -0.3 is 5.32 Å². The van der Waals surface area contributed by atoms with Gasteiger partial charge in [-0.05, 0) is 12.8 Å². The molecule has 0 saturated heterocycles. The molecule has 12 heavy (non-hydrogen) atoms. The molecule has 0 aromatic heterocycles. The summed E-state index contributed by atoms with van der Waals surface area (Å²) < 4.78 is 35.2. The summed E-state index contributed by atoms with van der Waals surface area (Å²) in [4.78, 5) is 0. The molecule has 0 aromatic carbocycles. The zero-order valence-corrected chi connectivity index (χ0v) is 7.70. The molecule has 0 aliphatic carbocycles. The van der Waals surface area contributed by atoms with Crippen molar-refractivity contribution in [1.82, 2.24) is 5.32 Å². The van der Waals surface area contributed by atoms with Crippen molar-refractivity contribution in [3.63, 3.8) is 0 Å². The van der Waals surface area contributed by atoms with Gasteiger partial charge in [0.25, 0.3) is 0 Å². The van der Waals surface area contributed by atoms with Crippen molar-refractivity contribution >= 4 is 0 Å². The normalized spacial score (nSPS) is 17.5. The fraction of sp³-hybridized carbons (Fsp3) is 1.00. The summed E-state index contributed by atoms with van der Waals surface area (Å²) in [7, 11) is 0. The smallest absolute Gasteiger partial charge is 0.306 e. The molecule has 0 spiro atoms. The van der Waals surface area contributed by atoms with Gasteiger partial charge >= 0.3 is 6.18 Å². The Balaban J connectivity index is 3.64. The molecular formula is C8H16F3N. The standard InChI is InChI=1S/C8H16F3N/c1-4-6(2)7(3)12-5-8(9,10)11/h6-7,12H,4-5H2,1-3H3/t6-,7+/m0/s1. The second kappa shape index (κ2) is 4.70. The van der Waals surface area contributed by atoms with Crippen molar-refractivity contribution in [2.24, 2.45) is 5.92 Å². The maximum atomic E-state index is 11.7. The molecule has 0 radical (unpaired) electrons. The van der Waals surface area contributed by atoms with E-state index in [1.807, 2.05) is 13.8 Å². The summed E-state index contributed by atoms with van der Waals surface area (Å²) in [6, 6.07) is -0.0726. The van der Waals surface area contributed by atoms with Crippen LogP contribution in [0.15, 0.2) is 0 Å². The highest BCUT2D eigenvalue weighted by atomic mass is 19.4. The zero-order valence-electron chi connectivity index (χ0n) is 7.70. The molecular weight excluding hydrogens is 167 g/mol. The van der Waals surface area contributed by atoms with E-state index in [1.165, 1.54) is 0 Å². The third kappa shape index (κ3) is 5.41. The third-order valence-electron chi connectivity index (χ3n) is 2.12. The van der Waals surface area contributed by atoms with Gasteiger partial charge in [-0.1, -0.05) is 20.3 Å². The Morgan fingerprint density at radius 3 is 2.08 bits per heavy atom. The molecule has 0 aliphatic heterocycles. The Morgan fingerprint density at radius 1 is 1.25 bits per heavy atom. The number of alkyl halides is 3. The van der Waals surface area contributed by atoms with Crippen molar-refractivity contribution in [1.29, 1.82) is 0 Å². The SMILES string of the molecule is CC[C@H](C)[C@@H](C)NCC(F)(F)F. The molecule has 0 heterocycles. The van der Waals surface area contributed by atoms with E-state index in [1.54, 1.807) is 6.92 Å². The van der Waals surface area contributed by atoms with Crippen LogP contribution in [0.4, 0.5) is 13.2 Å². The van der Waals surface area contributed by atoms with Gasteiger partial charge in [-0.15, -0.1) is 0 Å². The first kappa shape index (κ1) is 11.8. The van der Waals surface area contributed by atoms with E-state index in [-0.39, 0.29) is 12.0 Å². The Labute approximate surface area is 71.3 Å². The molecule has 0 unspecified atom stereocenters. The van der Waals surface area contributed by atoms with E-state index in [4.69, 9.17) is 0 Å². The van der Waals surface area contributed by atoms with Gasteiger partial charge in [0, 0.05) is 6.04 Å². The minimum atomic E-state index is -4.10. The summed E-state index contributed by atoms with van der Waals surface area (Å²) in [5, 5.41) is 2.45. The summed E-state index contributed by atoms with van der Waals surface area (Å²) in [6.07, 6.45) is -3.20. The van der Waals surface area contributed by atoms with E-state index in [0.717, 1.165) is 6.42 Å². The molecule has 0 amide bonds. The number of rotatable bonds is 4. The lowest BCUT2D eigenvalue weighted by atomic mass is 10.0. The molecule has 0 saturated carbocycles. The van der Waals surface area contributed by atoms with Gasteiger partial charge in [0.05, 0.1) is 6.54 Å².